The molecule has 2 bridgehead atoms. The van der Waals surface area contributed by atoms with Crippen molar-refractivity contribution >= 4 is 18.2 Å². The Hall–Kier alpha value is -1.34. The van der Waals surface area contributed by atoms with Crippen LogP contribution in [-0.4, -0.2) is 65.4 Å². The minimum atomic E-state index is -1.39. The topological polar surface area (TPSA) is 79.2 Å². The molecule has 0 radical (unpaired) electrons. The highest BCUT2D eigenvalue weighted by molar-refractivity contribution is 5.90. The summed E-state index contributed by atoms with van der Waals surface area (Å²) in [4.78, 5) is 14.8. The molecule has 1 aromatic carbocycles. The highest BCUT2D eigenvalue weighted by atomic mass is 35.5. The highest BCUT2D eigenvalue weighted by Crippen LogP contribution is 2.64. The van der Waals surface area contributed by atoms with Crippen LogP contribution in [0.3, 0.4) is 0 Å². The van der Waals surface area contributed by atoms with E-state index in [9.17, 15) is 15.0 Å². The van der Waals surface area contributed by atoms with Crippen LogP contribution in [0.25, 0.3) is 0 Å². The zero-order chi connectivity index (χ0) is 16.9. The Morgan fingerprint density at radius 1 is 1.36 bits per heavy atom. The molecule has 1 aromatic rings. The average Bonchev–Trinajstić information content (AvgIpc) is 2.91. The molecular weight excluding hydrogens is 346 g/mol. The molecule has 6 nitrogen and oxygen atoms in total. The summed E-state index contributed by atoms with van der Waals surface area (Å²) in [7, 11) is 3.54. The number of rotatable bonds is 1. The SMILES string of the molecule is COc1ccc2c3c1O[C@H]1C(=O)C[C@H](O)[C@@]4(O)[C@@H](C2)N(C)CC[C@]314.Cl. The van der Waals surface area contributed by atoms with Crippen LogP contribution in [0, 0.1) is 0 Å². The Kier molecular flexibility index (Phi) is 3.49. The van der Waals surface area contributed by atoms with Gasteiger partial charge in [0.2, 0.25) is 0 Å². The van der Waals surface area contributed by atoms with Gasteiger partial charge in [-0.1, -0.05) is 6.07 Å². The van der Waals surface area contributed by atoms with Gasteiger partial charge in [0.05, 0.1) is 18.6 Å². The molecular formula is C18H22ClNO5. The summed E-state index contributed by atoms with van der Waals surface area (Å²) in [5, 5.41) is 22.5. The molecule has 2 fully saturated rings. The first kappa shape index (κ1) is 17.1. The standard InChI is InChI=1S/C18H21NO5.ClH/c1-19-6-5-17-14-9-3-4-11(23-2)15(14)24-16(17)10(20)8-13(21)18(17,22)12(19)7-9;/h3-4,12-13,16,21-22H,5-8H2,1-2H3;1H/t12-,13+,16+,17+,18+;/m1./s1. The lowest BCUT2D eigenvalue weighted by molar-refractivity contribution is -0.226. The number of hydrogen-bond donors (Lipinski definition) is 2. The summed E-state index contributed by atoms with van der Waals surface area (Å²) in [5.41, 5.74) is -0.304. The zero-order valence-corrected chi connectivity index (χ0v) is 15.0. The van der Waals surface area contributed by atoms with E-state index in [0.717, 1.165) is 17.7 Å². The average molecular weight is 368 g/mol. The number of ether oxygens (including phenoxy) is 2. The fourth-order valence-electron chi connectivity index (χ4n) is 5.73. The van der Waals surface area contributed by atoms with Gasteiger partial charge in [0.25, 0.3) is 0 Å². The molecule has 2 aliphatic heterocycles. The molecule has 1 saturated heterocycles. The number of carbonyl (C=O) groups is 1. The molecule has 0 aromatic heterocycles. The third kappa shape index (κ3) is 1.65. The van der Waals surface area contributed by atoms with Gasteiger partial charge in [-0.25, -0.2) is 0 Å². The van der Waals surface area contributed by atoms with Gasteiger partial charge in [-0.3, -0.25) is 4.79 Å². The molecule has 25 heavy (non-hydrogen) atoms. The lowest BCUT2D eigenvalue weighted by atomic mass is 9.48. The number of aliphatic hydroxyl groups is 2. The maximum Gasteiger partial charge on any atom is 0.177 e. The first-order valence-electron chi connectivity index (χ1n) is 8.45. The third-order valence-electron chi connectivity index (χ3n) is 6.78. The largest absolute Gasteiger partial charge is 0.493 e. The maximum atomic E-state index is 12.7. The smallest absolute Gasteiger partial charge is 0.177 e. The number of piperidine rings is 1. The van der Waals surface area contributed by atoms with Crippen molar-refractivity contribution in [1.82, 2.24) is 4.90 Å². The molecule has 4 aliphatic rings. The Morgan fingerprint density at radius 3 is 2.84 bits per heavy atom. The second-order valence-corrected chi connectivity index (χ2v) is 7.56. The van der Waals surface area contributed by atoms with E-state index < -0.39 is 23.2 Å². The van der Waals surface area contributed by atoms with E-state index in [1.165, 1.54) is 0 Å². The number of likely N-dealkylation sites (N-methyl/N-ethyl adjacent to an activating group) is 1. The minimum Gasteiger partial charge on any atom is -0.493 e. The number of benzene rings is 1. The van der Waals surface area contributed by atoms with Gasteiger partial charge < -0.3 is 24.6 Å². The van der Waals surface area contributed by atoms with Crippen molar-refractivity contribution in [3.8, 4) is 11.5 Å². The molecule has 7 heteroatoms. The number of methoxy groups -OCH3 is 1. The number of ketones is 1. The van der Waals surface area contributed by atoms with Crippen molar-refractivity contribution in [3.63, 3.8) is 0 Å². The van der Waals surface area contributed by atoms with Crippen molar-refractivity contribution in [2.75, 3.05) is 20.7 Å². The Balaban J connectivity index is 0.00000157. The molecule has 0 unspecified atom stereocenters. The van der Waals surface area contributed by atoms with E-state index in [2.05, 4.69) is 4.90 Å². The van der Waals surface area contributed by atoms with E-state index in [-0.39, 0.29) is 30.7 Å². The second-order valence-electron chi connectivity index (χ2n) is 7.56. The van der Waals surface area contributed by atoms with Crippen LogP contribution in [0.15, 0.2) is 12.1 Å². The van der Waals surface area contributed by atoms with Crippen LogP contribution < -0.4 is 9.47 Å². The fourth-order valence-corrected chi connectivity index (χ4v) is 5.73. The molecule has 2 heterocycles. The van der Waals surface area contributed by atoms with Gasteiger partial charge in [-0.2, -0.15) is 0 Å². The van der Waals surface area contributed by atoms with Gasteiger partial charge >= 0.3 is 0 Å². The quantitative estimate of drug-likeness (QED) is 0.750. The van der Waals surface area contributed by atoms with E-state index in [1.807, 2.05) is 19.2 Å². The number of hydrogen-bond acceptors (Lipinski definition) is 6. The Labute approximate surface area is 152 Å². The number of likely N-dealkylation sites (tertiary alicyclic amines) is 1. The number of Topliss-reactive ketones (excluding diaryl/α,β-unsaturated/α-hetero) is 1. The van der Waals surface area contributed by atoms with Crippen LogP contribution in [-0.2, 0) is 16.6 Å². The minimum absolute atomic E-state index is 0. The van der Waals surface area contributed by atoms with Crippen LogP contribution in [0.4, 0.5) is 0 Å². The van der Waals surface area contributed by atoms with Gasteiger partial charge in [0.1, 0.15) is 5.60 Å². The van der Waals surface area contributed by atoms with Crippen LogP contribution in [0.2, 0.25) is 0 Å². The van der Waals surface area contributed by atoms with E-state index in [4.69, 9.17) is 9.47 Å². The van der Waals surface area contributed by atoms with Crippen molar-refractivity contribution < 1.29 is 24.5 Å². The normalized spacial score (nSPS) is 40.8. The maximum absolute atomic E-state index is 12.7. The first-order chi connectivity index (χ1) is 11.4. The molecule has 5 rings (SSSR count). The summed E-state index contributed by atoms with van der Waals surface area (Å²) in [6.45, 7) is 0.753. The van der Waals surface area contributed by atoms with Gasteiger partial charge in [-0.15, -0.1) is 12.4 Å². The summed E-state index contributed by atoms with van der Waals surface area (Å²) >= 11 is 0. The molecule has 1 saturated carbocycles. The first-order valence-corrected chi connectivity index (χ1v) is 8.45. The molecule has 0 amide bonds. The zero-order valence-electron chi connectivity index (χ0n) is 14.2. The van der Waals surface area contributed by atoms with Crippen LogP contribution in [0.1, 0.15) is 24.0 Å². The van der Waals surface area contributed by atoms with Gasteiger partial charge in [-0.05, 0) is 38.1 Å². The predicted molar refractivity (Wildman–Crippen MR) is 91.7 cm³/mol. The van der Waals surface area contributed by atoms with Gasteiger partial charge in [0, 0.05) is 18.0 Å². The molecule has 2 aliphatic carbocycles. The molecule has 1 spiro atoms. The number of aliphatic hydroxyl groups excluding tert-OH is 1. The van der Waals surface area contributed by atoms with E-state index in [1.54, 1.807) is 7.11 Å². The third-order valence-corrected chi connectivity index (χ3v) is 6.78. The molecule has 136 valence electrons. The fraction of sp³-hybridized carbons (Fsp3) is 0.611. The monoisotopic (exact) mass is 367 g/mol. The summed E-state index contributed by atoms with van der Waals surface area (Å²) < 4.78 is 11.5. The van der Waals surface area contributed by atoms with E-state index in [0.29, 0.717) is 24.3 Å². The summed E-state index contributed by atoms with van der Waals surface area (Å²) in [5.74, 6) is 1.02. The van der Waals surface area contributed by atoms with Crippen LogP contribution >= 0.6 is 12.4 Å². The number of halogens is 1. The Bertz CT molecular complexity index is 770. The van der Waals surface area contributed by atoms with E-state index >= 15 is 0 Å². The molecule has 2 N–H and O–H groups in total. The van der Waals surface area contributed by atoms with Gasteiger partial charge in [0.15, 0.2) is 23.4 Å². The summed E-state index contributed by atoms with van der Waals surface area (Å²) in [6, 6.07) is 3.64. The van der Waals surface area contributed by atoms with Crippen molar-refractivity contribution in [2.24, 2.45) is 0 Å². The molecule has 5 atom stereocenters. The summed E-state index contributed by atoms with van der Waals surface area (Å²) in [6.07, 6.45) is -0.686. The lowest BCUT2D eigenvalue weighted by Crippen LogP contribution is -2.80. The lowest BCUT2D eigenvalue weighted by Gasteiger charge is -2.63. The Morgan fingerprint density at radius 2 is 2.12 bits per heavy atom. The number of nitrogens with zero attached hydrogens (tertiary/aromatic N) is 1. The van der Waals surface area contributed by atoms with Crippen molar-refractivity contribution in [2.45, 2.75) is 48.5 Å². The predicted octanol–water partition coefficient (Wildman–Crippen LogP) is 0.441. The van der Waals surface area contributed by atoms with Crippen molar-refractivity contribution in [1.29, 1.82) is 0 Å². The highest BCUT2D eigenvalue weighted by Gasteiger charge is 2.75. The van der Waals surface area contributed by atoms with Crippen LogP contribution in [0.5, 0.6) is 11.5 Å². The number of carbonyl (C=O) groups excluding carboxylic acids is 1. The second kappa shape index (κ2) is 5.10. The van der Waals surface area contributed by atoms with Crippen molar-refractivity contribution in [3.05, 3.63) is 23.3 Å².